The fourth-order valence-electron chi connectivity index (χ4n) is 2.15. The third-order valence-corrected chi connectivity index (χ3v) is 3.48. The quantitative estimate of drug-likeness (QED) is 0.721. The monoisotopic (exact) mass is 339 g/mol. The van der Waals surface area contributed by atoms with Crippen molar-refractivity contribution >= 4 is 11.8 Å². The zero-order valence-electron chi connectivity index (χ0n) is 14.1. The minimum absolute atomic E-state index is 0.199. The van der Waals surface area contributed by atoms with Crippen molar-refractivity contribution in [2.75, 3.05) is 20.2 Å². The molecule has 0 radical (unpaired) electrons. The average Bonchev–Trinajstić information content (AvgIpc) is 2.66. The molecule has 0 fully saturated rings. The maximum absolute atomic E-state index is 12.2. The number of nitrogens with zero attached hydrogens (tertiary/aromatic N) is 1. The van der Waals surface area contributed by atoms with Crippen molar-refractivity contribution in [3.05, 3.63) is 72.1 Å². The van der Waals surface area contributed by atoms with E-state index in [1.54, 1.807) is 31.4 Å². The number of amides is 2. The maximum Gasteiger partial charge on any atom is 0.270 e. The standard InChI is InChI=1S/C19H21N3O3/c1-3-12-20-18(23)16-5-4-6-17(22-16)19(24)21-13-11-14-7-9-15(25-2)10-8-14/h3-10H,1,11-13H2,2H3,(H,20,23)(H,21,24). The molecule has 6 nitrogen and oxygen atoms in total. The van der Waals surface area contributed by atoms with Crippen LogP contribution in [0.25, 0.3) is 0 Å². The molecule has 0 aliphatic carbocycles. The van der Waals surface area contributed by atoms with Gasteiger partial charge in [0, 0.05) is 13.1 Å². The first kappa shape index (κ1) is 18.2. The predicted octanol–water partition coefficient (Wildman–Crippen LogP) is 1.98. The fraction of sp³-hybridized carbons (Fsp3) is 0.211. The van der Waals surface area contributed by atoms with Crippen LogP contribution in [0.1, 0.15) is 26.5 Å². The summed E-state index contributed by atoms with van der Waals surface area (Å²) in [6.07, 6.45) is 2.27. The van der Waals surface area contributed by atoms with Crippen molar-refractivity contribution in [1.82, 2.24) is 15.6 Å². The summed E-state index contributed by atoms with van der Waals surface area (Å²) in [6.45, 7) is 4.35. The van der Waals surface area contributed by atoms with E-state index in [2.05, 4.69) is 22.2 Å². The van der Waals surface area contributed by atoms with Crippen molar-refractivity contribution in [3.8, 4) is 5.75 Å². The third-order valence-electron chi connectivity index (χ3n) is 3.48. The molecule has 0 aliphatic rings. The van der Waals surface area contributed by atoms with Crippen molar-refractivity contribution < 1.29 is 14.3 Å². The topological polar surface area (TPSA) is 80.3 Å². The molecule has 0 aliphatic heterocycles. The summed E-state index contributed by atoms with van der Waals surface area (Å²) in [5.74, 6) is 0.142. The molecule has 1 aromatic heterocycles. The van der Waals surface area contributed by atoms with Gasteiger partial charge in [-0.2, -0.15) is 0 Å². The SMILES string of the molecule is C=CCNC(=O)c1cccc(C(=O)NCCc2ccc(OC)cc2)n1. The first-order valence-electron chi connectivity index (χ1n) is 7.91. The second-order valence-corrected chi connectivity index (χ2v) is 5.26. The highest BCUT2D eigenvalue weighted by atomic mass is 16.5. The van der Waals surface area contributed by atoms with E-state index in [0.717, 1.165) is 11.3 Å². The molecule has 0 saturated heterocycles. The Labute approximate surface area is 146 Å². The van der Waals surface area contributed by atoms with Gasteiger partial charge < -0.3 is 15.4 Å². The lowest BCUT2D eigenvalue weighted by atomic mass is 10.1. The fourth-order valence-corrected chi connectivity index (χ4v) is 2.15. The average molecular weight is 339 g/mol. The van der Waals surface area contributed by atoms with Crippen LogP contribution in [-0.2, 0) is 6.42 Å². The lowest BCUT2D eigenvalue weighted by Gasteiger charge is -2.07. The molecule has 1 aromatic carbocycles. The molecule has 2 rings (SSSR count). The van der Waals surface area contributed by atoms with E-state index in [9.17, 15) is 9.59 Å². The van der Waals surface area contributed by atoms with Crippen LogP contribution in [0, 0.1) is 0 Å². The van der Waals surface area contributed by atoms with Crippen molar-refractivity contribution in [2.45, 2.75) is 6.42 Å². The van der Waals surface area contributed by atoms with Gasteiger partial charge in [0.2, 0.25) is 0 Å². The normalized spacial score (nSPS) is 9.96. The number of ether oxygens (including phenoxy) is 1. The Bertz CT molecular complexity index is 742. The third kappa shape index (κ3) is 5.46. The molecule has 0 saturated carbocycles. The number of hydrogen-bond acceptors (Lipinski definition) is 4. The summed E-state index contributed by atoms with van der Waals surface area (Å²) < 4.78 is 5.11. The van der Waals surface area contributed by atoms with Crippen molar-refractivity contribution in [1.29, 1.82) is 0 Å². The highest BCUT2D eigenvalue weighted by Gasteiger charge is 2.11. The Hall–Kier alpha value is -3.15. The molecule has 0 unspecified atom stereocenters. The number of nitrogens with one attached hydrogen (secondary N) is 2. The zero-order chi connectivity index (χ0) is 18.1. The van der Waals surface area contributed by atoms with Crippen molar-refractivity contribution in [3.63, 3.8) is 0 Å². The van der Waals surface area contributed by atoms with Crippen LogP contribution >= 0.6 is 0 Å². The molecule has 1 heterocycles. The number of aromatic nitrogens is 1. The van der Waals surface area contributed by atoms with Gasteiger partial charge in [-0.3, -0.25) is 9.59 Å². The largest absolute Gasteiger partial charge is 0.497 e. The number of rotatable bonds is 8. The molecule has 0 bridgehead atoms. The van der Waals surface area contributed by atoms with E-state index in [0.29, 0.717) is 19.5 Å². The van der Waals surface area contributed by atoms with Gasteiger partial charge in [0.1, 0.15) is 17.1 Å². The van der Waals surface area contributed by atoms with Crippen molar-refractivity contribution in [2.24, 2.45) is 0 Å². The van der Waals surface area contributed by atoms with Gasteiger partial charge in [-0.15, -0.1) is 6.58 Å². The van der Waals surface area contributed by atoms with Crippen LogP contribution in [0.15, 0.2) is 55.1 Å². The molecule has 0 spiro atoms. The Balaban J connectivity index is 1.89. The number of pyridine rings is 1. The van der Waals surface area contributed by atoms with E-state index in [1.807, 2.05) is 24.3 Å². The minimum atomic E-state index is -0.340. The van der Waals surface area contributed by atoms with Gasteiger partial charge in [0.05, 0.1) is 7.11 Å². The van der Waals surface area contributed by atoms with Gasteiger partial charge in [0.25, 0.3) is 11.8 Å². The number of hydrogen-bond donors (Lipinski definition) is 2. The summed E-state index contributed by atoms with van der Waals surface area (Å²) in [5, 5.41) is 5.43. The second-order valence-electron chi connectivity index (χ2n) is 5.26. The first-order chi connectivity index (χ1) is 12.1. The molecule has 6 heteroatoms. The van der Waals surface area contributed by atoms with Gasteiger partial charge in [-0.05, 0) is 36.2 Å². The van der Waals surface area contributed by atoms with Gasteiger partial charge in [-0.25, -0.2) is 4.98 Å². The van der Waals surface area contributed by atoms with Crippen LogP contribution in [0.2, 0.25) is 0 Å². The molecule has 2 aromatic rings. The summed E-state index contributed by atoms with van der Waals surface area (Å²) in [4.78, 5) is 28.1. The van der Waals surface area contributed by atoms with Gasteiger partial charge >= 0.3 is 0 Å². The Kier molecular flexibility index (Phi) is 6.71. The van der Waals surface area contributed by atoms with E-state index in [4.69, 9.17) is 4.74 Å². The minimum Gasteiger partial charge on any atom is -0.497 e. The molecule has 0 atom stereocenters. The summed E-state index contributed by atoms with van der Waals surface area (Å²) >= 11 is 0. The van der Waals surface area contributed by atoms with E-state index in [1.165, 1.54) is 0 Å². The van der Waals surface area contributed by atoms with Gasteiger partial charge in [0.15, 0.2) is 0 Å². The summed E-state index contributed by atoms with van der Waals surface area (Å²) in [5.41, 5.74) is 1.50. The molecule has 2 N–H and O–H groups in total. The molecule has 130 valence electrons. The highest BCUT2D eigenvalue weighted by Crippen LogP contribution is 2.11. The van der Waals surface area contributed by atoms with E-state index >= 15 is 0 Å². The van der Waals surface area contributed by atoms with Crippen LogP contribution in [0.4, 0.5) is 0 Å². The molecular formula is C19H21N3O3. The molecular weight excluding hydrogens is 318 g/mol. The highest BCUT2D eigenvalue weighted by molar-refractivity contribution is 5.96. The Morgan fingerprint density at radius 3 is 2.32 bits per heavy atom. The maximum atomic E-state index is 12.2. The Morgan fingerprint density at radius 1 is 1.08 bits per heavy atom. The first-order valence-corrected chi connectivity index (χ1v) is 7.91. The smallest absolute Gasteiger partial charge is 0.270 e. The van der Waals surface area contributed by atoms with Crippen LogP contribution < -0.4 is 15.4 Å². The number of carbonyl (C=O) groups is 2. The molecule has 2 amide bonds. The summed E-state index contributed by atoms with van der Waals surface area (Å²) in [6, 6.07) is 12.4. The van der Waals surface area contributed by atoms with Gasteiger partial charge in [-0.1, -0.05) is 24.3 Å². The second kappa shape index (κ2) is 9.22. The number of methoxy groups -OCH3 is 1. The number of benzene rings is 1. The predicted molar refractivity (Wildman–Crippen MR) is 95.8 cm³/mol. The number of carbonyl (C=O) groups excluding carboxylic acids is 2. The lowest BCUT2D eigenvalue weighted by molar-refractivity contribution is 0.0946. The molecule has 25 heavy (non-hydrogen) atoms. The Morgan fingerprint density at radius 2 is 1.72 bits per heavy atom. The zero-order valence-corrected chi connectivity index (χ0v) is 14.1. The lowest BCUT2D eigenvalue weighted by Crippen LogP contribution is -2.28. The van der Waals surface area contributed by atoms with Crippen LogP contribution in [-0.4, -0.2) is 37.0 Å². The van der Waals surface area contributed by atoms with E-state index < -0.39 is 0 Å². The van der Waals surface area contributed by atoms with Crippen LogP contribution in [0.5, 0.6) is 5.75 Å². The van der Waals surface area contributed by atoms with E-state index in [-0.39, 0.29) is 23.2 Å². The van der Waals surface area contributed by atoms with Crippen LogP contribution in [0.3, 0.4) is 0 Å². The summed E-state index contributed by atoms with van der Waals surface area (Å²) in [7, 11) is 1.62.